The first-order chi connectivity index (χ1) is 13.1. The molecule has 1 unspecified atom stereocenters. The van der Waals surface area contributed by atoms with Gasteiger partial charge < -0.3 is 14.7 Å². The Labute approximate surface area is 160 Å². The summed E-state index contributed by atoms with van der Waals surface area (Å²) in [5.41, 5.74) is 2.03. The molecule has 1 amide bonds. The largest absolute Gasteiger partial charge is 0.480 e. The van der Waals surface area contributed by atoms with Crippen molar-refractivity contribution in [3.8, 4) is 0 Å². The Morgan fingerprint density at radius 1 is 0.963 bits per heavy atom. The third kappa shape index (κ3) is 7.23. The molecule has 0 aromatic heterocycles. The molecule has 0 radical (unpaired) electrons. The van der Waals surface area contributed by atoms with Crippen molar-refractivity contribution in [1.82, 2.24) is 4.90 Å². The van der Waals surface area contributed by atoms with E-state index in [2.05, 4.69) is 0 Å². The zero-order valence-corrected chi connectivity index (χ0v) is 15.7. The van der Waals surface area contributed by atoms with Crippen LogP contribution in [0.1, 0.15) is 30.4 Å². The molecule has 0 bridgehead atoms. The molecule has 27 heavy (non-hydrogen) atoms. The zero-order valence-electron chi connectivity index (χ0n) is 15.7. The number of nitrogens with zero attached hydrogens (tertiary/aromatic N) is 1. The van der Waals surface area contributed by atoms with Crippen molar-refractivity contribution in [3.63, 3.8) is 0 Å². The van der Waals surface area contributed by atoms with E-state index in [-0.39, 0.29) is 5.91 Å². The van der Waals surface area contributed by atoms with Crippen molar-refractivity contribution in [1.29, 1.82) is 0 Å². The minimum Gasteiger partial charge on any atom is -0.480 e. The molecule has 0 saturated carbocycles. The summed E-state index contributed by atoms with van der Waals surface area (Å²) in [6.07, 6.45) is 2.07. The lowest BCUT2D eigenvalue weighted by Gasteiger charge is -2.25. The highest BCUT2D eigenvalue weighted by atomic mass is 16.5. The van der Waals surface area contributed by atoms with Crippen LogP contribution in [0.3, 0.4) is 0 Å². The van der Waals surface area contributed by atoms with Crippen LogP contribution in [0.5, 0.6) is 0 Å². The highest BCUT2D eigenvalue weighted by Gasteiger charge is 2.26. The van der Waals surface area contributed by atoms with Gasteiger partial charge in [-0.3, -0.25) is 4.79 Å². The lowest BCUT2D eigenvalue weighted by molar-refractivity contribution is -0.149. The number of hydrogen-bond acceptors (Lipinski definition) is 3. The lowest BCUT2D eigenvalue weighted by atomic mass is 10.0. The van der Waals surface area contributed by atoms with Crippen LogP contribution < -0.4 is 0 Å². The maximum Gasteiger partial charge on any atom is 0.326 e. The quantitative estimate of drug-likeness (QED) is 0.616. The van der Waals surface area contributed by atoms with Crippen molar-refractivity contribution >= 4 is 11.9 Å². The van der Waals surface area contributed by atoms with Gasteiger partial charge >= 0.3 is 5.97 Å². The van der Waals surface area contributed by atoms with E-state index in [1.165, 1.54) is 4.90 Å². The molecule has 0 fully saturated rings. The van der Waals surface area contributed by atoms with Crippen LogP contribution in [-0.2, 0) is 27.4 Å². The zero-order chi connectivity index (χ0) is 19.5. The number of aliphatic carboxylic acids is 1. The van der Waals surface area contributed by atoms with E-state index in [1.807, 2.05) is 60.7 Å². The standard InChI is InChI=1S/C22H27NO4/c1-23(20(22(25)26)16-18-10-4-2-5-11-18)21(24)14-8-9-15-27-17-19-12-6-3-7-13-19/h2-7,10-13,20H,8-9,14-17H2,1H3,(H,25,26). The van der Waals surface area contributed by atoms with Crippen molar-refractivity contribution in [2.45, 2.75) is 38.3 Å². The van der Waals surface area contributed by atoms with Gasteiger partial charge in [0.2, 0.25) is 5.91 Å². The maximum absolute atomic E-state index is 12.4. The van der Waals surface area contributed by atoms with Crippen LogP contribution in [0.4, 0.5) is 0 Å². The first-order valence-corrected chi connectivity index (χ1v) is 9.22. The van der Waals surface area contributed by atoms with Crippen molar-refractivity contribution < 1.29 is 19.4 Å². The van der Waals surface area contributed by atoms with Gasteiger partial charge in [0.15, 0.2) is 0 Å². The number of unbranched alkanes of at least 4 members (excludes halogenated alkanes) is 1. The topological polar surface area (TPSA) is 66.8 Å². The van der Waals surface area contributed by atoms with Gasteiger partial charge in [0.25, 0.3) is 0 Å². The molecule has 2 aromatic rings. The molecular weight excluding hydrogens is 342 g/mol. The predicted octanol–water partition coefficient (Wildman–Crippen LogP) is 3.53. The maximum atomic E-state index is 12.4. The monoisotopic (exact) mass is 369 g/mol. The third-order valence-electron chi connectivity index (χ3n) is 4.46. The van der Waals surface area contributed by atoms with Gasteiger partial charge in [-0.05, 0) is 24.0 Å². The number of ether oxygens (including phenoxy) is 1. The molecule has 2 aromatic carbocycles. The Bertz CT molecular complexity index is 703. The van der Waals surface area contributed by atoms with E-state index in [1.54, 1.807) is 7.05 Å². The highest BCUT2D eigenvalue weighted by Crippen LogP contribution is 2.11. The van der Waals surface area contributed by atoms with Crippen LogP contribution in [0.2, 0.25) is 0 Å². The summed E-state index contributed by atoms with van der Waals surface area (Å²) in [5, 5.41) is 9.49. The second-order valence-electron chi connectivity index (χ2n) is 6.54. The molecule has 5 heteroatoms. The molecule has 0 aliphatic heterocycles. The fraction of sp³-hybridized carbons (Fsp3) is 0.364. The highest BCUT2D eigenvalue weighted by molar-refractivity contribution is 5.83. The van der Waals surface area contributed by atoms with Gasteiger partial charge in [-0.25, -0.2) is 4.79 Å². The number of carboxylic acid groups (broad SMARTS) is 1. The Hall–Kier alpha value is -2.66. The molecule has 144 valence electrons. The predicted molar refractivity (Wildman–Crippen MR) is 104 cm³/mol. The molecular formula is C22H27NO4. The Kier molecular flexibility index (Phi) is 8.52. The number of benzene rings is 2. The number of amides is 1. The van der Waals surface area contributed by atoms with E-state index in [0.29, 0.717) is 32.5 Å². The van der Waals surface area contributed by atoms with Crippen molar-refractivity contribution in [3.05, 3.63) is 71.8 Å². The van der Waals surface area contributed by atoms with E-state index in [4.69, 9.17) is 4.74 Å². The number of carbonyl (C=O) groups is 2. The number of hydrogen-bond donors (Lipinski definition) is 1. The van der Waals surface area contributed by atoms with Gasteiger partial charge in [-0.2, -0.15) is 0 Å². The number of carbonyl (C=O) groups excluding carboxylic acids is 1. The third-order valence-corrected chi connectivity index (χ3v) is 4.46. The van der Waals surface area contributed by atoms with Gasteiger partial charge in [-0.15, -0.1) is 0 Å². The van der Waals surface area contributed by atoms with Gasteiger partial charge in [0, 0.05) is 26.5 Å². The number of likely N-dealkylation sites (N-methyl/N-ethyl adjacent to an activating group) is 1. The van der Waals surface area contributed by atoms with Gasteiger partial charge in [-0.1, -0.05) is 60.7 Å². The molecule has 1 N–H and O–H groups in total. The summed E-state index contributed by atoms with van der Waals surface area (Å²) in [6.45, 7) is 1.14. The van der Waals surface area contributed by atoms with E-state index >= 15 is 0 Å². The first kappa shape index (κ1) is 20.6. The Morgan fingerprint density at radius 3 is 2.15 bits per heavy atom. The van der Waals surface area contributed by atoms with E-state index in [9.17, 15) is 14.7 Å². The second kappa shape index (κ2) is 11.1. The first-order valence-electron chi connectivity index (χ1n) is 9.22. The molecule has 0 aliphatic rings. The summed E-state index contributed by atoms with van der Waals surface area (Å²) in [5.74, 6) is -1.14. The summed E-state index contributed by atoms with van der Waals surface area (Å²) in [6, 6.07) is 18.4. The van der Waals surface area contributed by atoms with Crippen LogP contribution in [-0.4, -0.2) is 41.6 Å². The van der Waals surface area contributed by atoms with Crippen molar-refractivity contribution in [2.75, 3.05) is 13.7 Å². The average molecular weight is 369 g/mol. The summed E-state index contributed by atoms with van der Waals surface area (Å²) in [4.78, 5) is 25.3. The molecule has 0 spiro atoms. The smallest absolute Gasteiger partial charge is 0.326 e. The Balaban J connectivity index is 1.70. The molecule has 0 saturated heterocycles. The average Bonchev–Trinajstić information content (AvgIpc) is 2.69. The fourth-order valence-corrected chi connectivity index (χ4v) is 2.82. The second-order valence-corrected chi connectivity index (χ2v) is 6.54. The van der Waals surface area contributed by atoms with Crippen LogP contribution in [0, 0.1) is 0 Å². The fourth-order valence-electron chi connectivity index (χ4n) is 2.82. The van der Waals surface area contributed by atoms with Gasteiger partial charge in [0.1, 0.15) is 6.04 Å². The summed E-state index contributed by atoms with van der Waals surface area (Å²) >= 11 is 0. The van der Waals surface area contributed by atoms with E-state index in [0.717, 1.165) is 17.5 Å². The van der Waals surface area contributed by atoms with Crippen LogP contribution in [0.15, 0.2) is 60.7 Å². The number of carboxylic acids is 1. The van der Waals surface area contributed by atoms with Crippen LogP contribution >= 0.6 is 0 Å². The molecule has 2 rings (SSSR count). The van der Waals surface area contributed by atoms with Crippen LogP contribution in [0.25, 0.3) is 0 Å². The molecule has 0 heterocycles. The summed E-state index contributed by atoms with van der Waals surface area (Å²) in [7, 11) is 1.57. The Morgan fingerprint density at radius 2 is 1.56 bits per heavy atom. The lowest BCUT2D eigenvalue weighted by Crippen LogP contribution is -2.43. The SMILES string of the molecule is CN(C(=O)CCCCOCc1ccccc1)C(Cc1ccccc1)C(=O)O. The van der Waals surface area contributed by atoms with Crippen molar-refractivity contribution in [2.24, 2.45) is 0 Å². The normalized spacial score (nSPS) is 11.7. The van der Waals surface area contributed by atoms with E-state index < -0.39 is 12.0 Å². The minimum atomic E-state index is -0.985. The molecule has 1 atom stereocenters. The molecule has 5 nitrogen and oxygen atoms in total. The van der Waals surface area contributed by atoms with Gasteiger partial charge in [0.05, 0.1) is 6.61 Å². The minimum absolute atomic E-state index is 0.151. The molecule has 0 aliphatic carbocycles. The summed E-state index contributed by atoms with van der Waals surface area (Å²) < 4.78 is 5.61. The number of rotatable bonds is 11.